The molecule has 3 nitrogen and oxygen atoms in total. The van der Waals surface area contributed by atoms with Crippen molar-refractivity contribution in [3.05, 3.63) is 29.8 Å². The van der Waals surface area contributed by atoms with Crippen molar-refractivity contribution in [2.24, 2.45) is 0 Å². The summed E-state index contributed by atoms with van der Waals surface area (Å²) in [4.78, 5) is 0. The van der Waals surface area contributed by atoms with Gasteiger partial charge in [0.25, 0.3) is 0 Å². The number of hydrogen-bond acceptors (Lipinski definition) is 3. The van der Waals surface area contributed by atoms with Crippen LogP contribution in [0.25, 0.3) is 0 Å². The van der Waals surface area contributed by atoms with E-state index in [2.05, 4.69) is 9.47 Å². The first-order valence-electron chi connectivity index (χ1n) is 4.59. The molecule has 0 amide bonds. The summed E-state index contributed by atoms with van der Waals surface area (Å²) in [6, 6.07) is 5.59. The average Bonchev–Trinajstić information content (AvgIpc) is 2.27. The standard InChI is InChI=1S/C10H5F6NO2/c11-8(19-10(14,15)16)9(12,13)18-7-3-1-6(5-17)2-4-7/h1-4,8H/t8-/m1/s1. The van der Waals surface area contributed by atoms with Crippen LogP contribution in [-0.2, 0) is 4.74 Å². The first kappa shape index (κ1) is 15.1. The highest BCUT2D eigenvalue weighted by Gasteiger charge is 2.50. The van der Waals surface area contributed by atoms with E-state index in [1.807, 2.05) is 0 Å². The zero-order chi connectivity index (χ0) is 14.7. The van der Waals surface area contributed by atoms with Gasteiger partial charge in [0, 0.05) is 0 Å². The van der Waals surface area contributed by atoms with Gasteiger partial charge in [-0.15, -0.1) is 13.2 Å². The van der Waals surface area contributed by atoms with Crippen LogP contribution in [0, 0.1) is 11.3 Å². The third-order valence-corrected chi connectivity index (χ3v) is 1.74. The zero-order valence-corrected chi connectivity index (χ0v) is 8.92. The average molecular weight is 285 g/mol. The molecule has 19 heavy (non-hydrogen) atoms. The maximum absolute atomic E-state index is 12.9. The summed E-state index contributed by atoms with van der Waals surface area (Å²) < 4.78 is 79.5. The van der Waals surface area contributed by atoms with Crippen molar-refractivity contribution in [3.8, 4) is 11.8 Å². The Labute approximate surface area is 103 Å². The van der Waals surface area contributed by atoms with Crippen LogP contribution < -0.4 is 4.74 Å². The van der Waals surface area contributed by atoms with Gasteiger partial charge >= 0.3 is 18.8 Å². The van der Waals surface area contributed by atoms with Gasteiger partial charge in [0.15, 0.2) is 0 Å². The fourth-order valence-electron chi connectivity index (χ4n) is 0.987. The van der Waals surface area contributed by atoms with Gasteiger partial charge in [-0.25, -0.2) is 9.13 Å². The van der Waals surface area contributed by atoms with Crippen LogP contribution in [0.5, 0.6) is 5.75 Å². The fourth-order valence-corrected chi connectivity index (χ4v) is 0.987. The van der Waals surface area contributed by atoms with Crippen LogP contribution in [-0.4, -0.2) is 18.8 Å². The molecule has 1 aromatic carbocycles. The summed E-state index contributed by atoms with van der Waals surface area (Å²) in [5.41, 5.74) is 0.110. The first-order valence-corrected chi connectivity index (χ1v) is 4.59. The molecular weight excluding hydrogens is 280 g/mol. The van der Waals surface area contributed by atoms with Crippen molar-refractivity contribution in [2.45, 2.75) is 18.8 Å². The third-order valence-electron chi connectivity index (χ3n) is 1.74. The molecule has 1 rings (SSSR count). The normalized spacial score (nSPS) is 13.7. The second kappa shape index (κ2) is 5.36. The van der Waals surface area contributed by atoms with E-state index in [-0.39, 0.29) is 5.56 Å². The summed E-state index contributed by atoms with van der Waals surface area (Å²) in [6.45, 7) is 0. The Morgan fingerprint density at radius 2 is 1.58 bits per heavy atom. The highest BCUT2D eigenvalue weighted by Crippen LogP contribution is 2.31. The lowest BCUT2D eigenvalue weighted by molar-refractivity contribution is -0.411. The van der Waals surface area contributed by atoms with Gasteiger partial charge in [0.1, 0.15) is 5.75 Å². The molecule has 0 saturated carbocycles. The van der Waals surface area contributed by atoms with Gasteiger partial charge in [0.05, 0.1) is 11.6 Å². The van der Waals surface area contributed by atoms with Gasteiger partial charge in [-0.3, -0.25) is 0 Å². The van der Waals surface area contributed by atoms with Crippen LogP contribution >= 0.6 is 0 Å². The van der Waals surface area contributed by atoms with Crippen LogP contribution in [0.1, 0.15) is 5.56 Å². The lowest BCUT2D eigenvalue weighted by Crippen LogP contribution is -2.41. The van der Waals surface area contributed by atoms with Crippen LogP contribution in [0.2, 0.25) is 0 Å². The summed E-state index contributed by atoms with van der Waals surface area (Å²) >= 11 is 0. The molecule has 0 heterocycles. The second-order valence-electron chi connectivity index (χ2n) is 3.18. The first-order chi connectivity index (χ1) is 8.64. The van der Waals surface area contributed by atoms with E-state index in [0.29, 0.717) is 0 Å². The zero-order valence-electron chi connectivity index (χ0n) is 8.92. The van der Waals surface area contributed by atoms with E-state index in [9.17, 15) is 26.3 Å². The molecule has 0 spiro atoms. The Kier molecular flexibility index (Phi) is 4.26. The monoisotopic (exact) mass is 285 g/mol. The molecule has 1 atom stereocenters. The number of nitrogens with zero attached hydrogens (tertiary/aromatic N) is 1. The maximum atomic E-state index is 12.9. The van der Waals surface area contributed by atoms with E-state index < -0.39 is 24.6 Å². The molecule has 0 radical (unpaired) electrons. The maximum Gasteiger partial charge on any atom is 0.525 e. The van der Waals surface area contributed by atoms with Crippen LogP contribution in [0.15, 0.2) is 24.3 Å². The predicted molar refractivity (Wildman–Crippen MR) is 48.8 cm³/mol. The van der Waals surface area contributed by atoms with Crippen molar-refractivity contribution in [2.75, 3.05) is 0 Å². The molecule has 0 fully saturated rings. The van der Waals surface area contributed by atoms with Crippen molar-refractivity contribution >= 4 is 0 Å². The summed E-state index contributed by atoms with van der Waals surface area (Å²) in [5, 5.41) is 8.43. The molecule has 0 aliphatic carbocycles. The number of rotatable bonds is 4. The minimum absolute atomic E-state index is 0.110. The van der Waals surface area contributed by atoms with E-state index in [0.717, 1.165) is 24.3 Å². The number of ether oxygens (including phenoxy) is 2. The Balaban J connectivity index is 2.75. The molecule has 0 aromatic heterocycles. The topological polar surface area (TPSA) is 42.2 Å². The van der Waals surface area contributed by atoms with Crippen LogP contribution in [0.4, 0.5) is 26.3 Å². The largest absolute Gasteiger partial charge is 0.525 e. The Hall–Kier alpha value is -1.95. The minimum atomic E-state index is -5.56. The lowest BCUT2D eigenvalue weighted by Gasteiger charge is -2.22. The summed E-state index contributed by atoms with van der Waals surface area (Å²) in [5.74, 6) is -0.613. The van der Waals surface area contributed by atoms with Gasteiger partial charge in [-0.2, -0.15) is 14.0 Å². The van der Waals surface area contributed by atoms with E-state index in [4.69, 9.17) is 5.26 Å². The fraction of sp³-hybridized carbons (Fsp3) is 0.300. The molecule has 0 aliphatic rings. The van der Waals surface area contributed by atoms with Crippen molar-refractivity contribution in [1.29, 1.82) is 5.26 Å². The predicted octanol–water partition coefficient (Wildman–Crippen LogP) is 3.36. The number of alkyl halides is 6. The van der Waals surface area contributed by atoms with Crippen molar-refractivity contribution in [1.82, 2.24) is 0 Å². The summed E-state index contributed by atoms with van der Waals surface area (Å²) in [6.07, 6.45) is -14.4. The Bertz CT molecular complexity index is 464. The second-order valence-corrected chi connectivity index (χ2v) is 3.18. The quantitative estimate of drug-likeness (QED) is 0.796. The number of benzene rings is 1. The minimum Gasteiger partial charge on any atom is -0.429 e. The smallest absolute Gasteiger partial charge is 0.429 e. The molecule has 0 unspecified atom stereocenters. The highest BCUT2D eigenvalue weighted by atomic mass is 19.4. The molecular formula is C10H5F6NO2. The Morgan fingerprint density at radius 3 is 2.00 bits per heavy atom. The number of halogens is 6. The number of nitriles is 1. The number of hydrogen-bond donors (Lipinski definition) is 0. The van der Waals surface area contributed by atoms with Crippen LogP contribution in [0.3, 0.4) is 0 Å². The molecule has 104 valence electrons. The highest BCUT2D eigenvalue weighted by molar-refractivity contribution is 5.34. The molecule has 0 saturated heterocycles. The summed E-state index contributed by atoms with van der Waals surface area (Å²) in [7, 11) is 0. The Morgan fingerprint density at radius 1 is 1.05 bits per heavy atom. The molecule has 0 N–H and O–H groups in total. The SMILES string of the molecule is N#Cc1ccc(OC(F)(F)[C@H](F)OC(F)(F)F)cc1. The van der Waals surface area contributed by atoms with Gasteiger partial charge in [-0.05, 0) is 24.3 Å². The van der Waals surface area contributed by atoms with E-state index >= 15 is 0 Å². The van der Waals surface area contributed by atoms with Crippen molar-refractivity contribution in [3.63, 3.8) is 0 Å². The van der Waals surface area contributed by atoms with Crippen molar-refractivity contribution < 1.29 is 35.8 Å². The molecule has 9 heteroatoms. The van der Waals surface area contributed by atoms with Gasteiger partial charge < -0.3 is 4.74 Å². The van der Waals surface area contributed by atoms with E-state index in [1.165, 1.54) is 0 Å². The molecule has 1 aromatic rings. The van der Waals surface area contributed by atoms with E-state index in [1.54, 1.807) is 6.07 Å². The van der Waals surface area contributed by atoms with Gasteiger partial charge in [0.2, 0.25) is 0 Å². The third kappa shape index (κ3) is 4.67. The van der Waals surface area contributed by atoms with Gasteiger partial charge in [-0.1, -0.05) is 0 Å². The molecule has 0 aliphatic heterocycles. The lowest BCUT2D eigenvalue weighted by atomic mass is 10.2. The molecule has 0 bridgehead atoms.